The van der Waals surface area contributed by atoms with Gasteiger partial charge in [0, 0.05) is 19.4 Å². The molecule has 0 rings (SSSR count). The largest absolute Gasteiger partial charge is 0.462 e. The molecule has 0 aliphatic heterocycles. The first-order chi connectivity index (χ1) is 23.6. The lowest BCUT2D eigenvalue weighted by Crippen LogP contribution is -2.30. The van der Waals surface area contributed by atoms with Crippen LogP contribution in [0.3, 0.4) is 0 Å². The van der Waals surface area contributed by atoms with Gasteiger partial charge in [0.25, 0.3) is 0 Å². The van der Waals surface area contributed by atoms with Gasteiger partial charge in [-0.05, 0) is 19.3 Å². The molecule has 286 valence electrons. The molecule has 5 heteroatoms. The average molecular weight is 681 g/mol. The maximum Gasteiger partial charge on any atom is 0.306 e. The summed E-state index contributed by atoms with van der Waals surface area (Å²) in [7, 11) is 0. The third-order valence-electron chi connectivity index (χ3n) is 9.64. The SMILES string of the molecule is CCCCCCCCCCCCCC(=O)OCC(COCCCCCCCCCCCC)OC(=O)CCCCCCCCCCCCC. The van der Waals surface area contributed by atoms with Gasteiger partial charge in [-0.15, -0.1) is 0 Å². The van der Waals surface area contributed by atoms with Gasteiger partial charge >= 0.3 is 11.9 Å². The van der Waals surface area contributed by atoms with E-state index in [1.165, 1.54) is 173 Å². The summed E-state index contributed by atoms with van der Waals surface area (Å²) >= 11 is 0. The Labute approximate surface area is 300 Å². The summed E-state index contributed by atoms with van der Waals surface area (Å²) in [5.41, 5.74) is 0. The normalized spacial score (nSPS) is 12.0. The third kappa shape index (κ3) is 37.7. The molecule has 0 aromatic carbocycles. The van der Waals surface area contributed by atoms with Crippen molar-refractivity contribution in [1.82, 2.24) is 0 Å². The van der Waals surface area contributed by atoms with Crippen LogP contribution in [0.1, 0.15) is 239 Å². The van der Waals surface area contributed by atoms with Crippen LogP contribution in [-0.4, -0.2) is 37.9 Å². The summed E-state index contributed by atoms with van der Waals surface area (Å²) in [6.07, 6.45) is 40.9. The molecule has 48 heavy (non-hydrogen) atoms. The van der Waals surface area contributed by atoms with Crippen LogP contribution in [0, 0.1) is 0 Å². The standard InChI is InChI=1S/C43H84O5/c1-4-7-10-13-16-19-22-24-27-30-33-36-42(44)47-40-41(39-46-38-35-32-29-26-21-18-15-12-9-6-3)48-43(45)37-34-31-28-25-23-20-17-14-11-8-5-2/h41H,4-40H2,1-3H3. The highest BCUT2D eigenvalue weighted by atomic mass is 16.6. The predicted octanol–water partition coefficient (Wildman–Crippen LogP) is 13.8. The molecule has 0 amide bonds. The van der Waals surface area contributed by atoms with Crippen molar-refractivity contribution in [1.29, 1.82) is 0 Å². The number of rotatable bonds is 40. The monoisotopic (exact) mass is 681 g/mol. The van der Waals surface area contributed by atoms with Crippen LogP contribution in [-0.2, 0) is 23.8 Å². The van der Waals surface area contributed by atoms with Crippen molar-refractivity contribution in [2.24, 2.45) is 0 Å². The molecule has 0 aromatic heterocycles. The Morgan fingerprint density at radius 1 is 0.375 bits per heavy atom. The summed E-state index contributed by atoms with van der Waals surface area (Å²) in [5, 5.41) is 0. The molecule has 0 aliphatic carbocycles. The Kier molecular flexibility index (Phi) is 39.4. The lowest BCUT2D eigenvalue weighted by Gasteiger charge is -2.18. The number of esters is 2. The molecule has 5 nitrogen and oxygen atoms in total. The molecular formula is C43H84O5. The van der Waals surface area contributed by atoms with Gasteiger partial charge < -0.3 is 14.2 Å². The van der Waals surface area contributed by atoms with E-state index in [0.717, 1.165) is 32.1 Å². The second-order valence-electron chi connectivity index (χ2n) is 14.6. The van der Waals surface area contributed by atoms with Crippen LogP contribution < -0.4 is 0 Å². The molecule has 0 saturated carbocycles. The predicted molar refractivity (Wildman–Crippen MR) is 206 cm³/mol. The van der Waals surface area contributed by atoms with Crippen molar-refractivity contribution in [3.63, 3.8) is 0 Å². The summed E-state index contributed by atoms with van der Waals surface area (Å²) in [6.45, 7) is 7.85. The molecule has 0 saturated heterocycles. The highest BCUT2D eigenvalue weighted by Gasteiger charge is 2.17. The minimum absolute atomic E-state index is 0.0961. The molecule has 0 spiro atoms. The lowest BCUT2D eigenvalue weighted by atomic mass is 10.1. The zero-order valence-electron chi connectivity index (χ0n) is 32.8. The van der Waals surface area contributed by atoms with Gasteiger partial charge in [0.1, 0.15) is 6.61 Å². The summed E-state index contributed by atoms with van der Waals surface area (Å²) in [4.78, 5) is 25.1. The number of carbonyl (C=O) groups is 2. The van der Waals surface area contributed by atoms with Crippen molar-refractivity contribution < 1.29 is 23.8 Å². The Hall–Kier alpha value is -1.10. The minimum Gasteiger partial charge on any atom is -0.462 e. The molecule has 0 fully saturated rings. The molecule has 1 atom stereocenters. The fraction of sp³-hybridized carbons (Fsp3) is 0.953. The van der Waals surface area contributed by atoms with E-state index in [-0.39, 0.29) is 18.5 Å². The van der Waals surface area contributed by atoms with Crippen molar-refractivity contribution in [3.05, 3.63) is 0 Å². The Morgan fingerprint density at radius 2 is 0.688 bits per heavy atom. The van der Waals surface area contributed by atoms with Gasteiger partial charge in [0.2, 0.25) is 0 Å². The molecule has 0 N–H and O–H groups in total. The van der Waals surface area contributed by atoms with E-state index in [1.807, 2.05) is 0 Å². The summed E-state index contributed by atoms with van der Waals surface area (Å²) in [6, 6.07) is 0. The van der Waals surface area contributed by atoms with E-state index in [0.29, 0.717) is 26.1 Å². The lowest BCUT2D eigenvalue weighted by molar-refractivity contribution is -0.163. The van der Waals surface area contributed by atoms with Crippen LogP contribution in [0.25, 0.3) is 0 Å². The van der Waals surface area contributed by atoms with Gasteiger partial charge in [-0.2, -0.15) is 0 Å². The van der Waals surface area contributed by atoms with Crippen LogP contribution in [0.4, 0.5) is 0 Å². The quantitative estimate of drug-likeness (QED) is 0.0476. The molecular weight excluding hydrogens is 596 g/mol. The summed E-state index contributed by atoms with van der Waals surface area (Å²) in [5.74, 6) is -0.382. The smallest absolute Gasteiger partial charge is 0.306 e. The van der Waals surface area contributed by atoms with E-state index >= 15 is 0 Å². The van der Waals surface area contributed by atoms with Gasteiger partial charge in [-0.3, -0.25) is 9.59 Å². The van der Waals surface area contributed by atoms with Crippen LogP contribution in [0.2, 0.25) is 0 Å². The van der Waals surface area contributed by atoms with Gasteiger partial charge in [-0.25, -0.2) is 0 Å². The topological polar surface area (TPSA) is 61.8 Å². The van der Waals surface area contributed by atoms with E-state index in [9.17, 15) is 9.59 Å². The highest BCUT2D eigenvalue weighted by molar-refractivity contribution is 5.70. The van der Waals surface area contributed by atoms with Crippen molar-refractivity contribution in [2.75, 3.05) is 19.8 Å². The molecule has 0 bridgehead atoms. The van der Waals surface area contributed by atoms with Crippen LogP contribution in [0.15, 0.2) is 0 Å². The van der Waals surface area contributed by atoms with Gasteiger partial charge in [-0.1, -0.05) is 207 Å². The molecule has 0 heterocycles. The van der Waals surface area contributed by atoms with Crippen molar-refractivity contribution in [2.45, 2.75) is 245 Å². The Bertz CT molecular complexity index is 651. The second-order valence-corrected chi connectivity index (χ2v) is 14.6. The molecule has 0 radical (unpaired) electrons. The van der Waals surface area contributed by atoms with E-state index < -0.39 is 6.10 Å². The van der Waals surface area contributed by atoms with Gasteiger partial charge in [0.15, 0.2) is 6.10 Å². The first-order valence-corrected chi connectivity index (χ1v) is 21.6. The maximum absolute atomic E-state index is 12.6. The molecule has 1 unspecified atom stereocenters. The first-order valence-electron chi connectivity index (χ1n) is 21.6. The van der Waals surface area contributed by atoms with Gasteiger partial charge in [0.05, 0.1) is 6.61 Å². The minimum atomic E-state index is -0.519. The van der Waals surface area contributed by atoms with E-state index in [4.69, 9.17) is 14.2 Å². The number of unbranched alkanes of at least 4 members (excludes halogenated alkanes) is 29. The van der Waals surface area contributed by atoms with Crippen molar-refractivity contribution in [3.8, 4) is 0 Å². The fourth-order valence-corrected chi connectivity index (χ4v) is 6.39. The third-order valence-corrected chi connectivity index (χ3v) is 9.64. The van der Waals surface area contributed by atoms with Crippen LogP contribution >= 0.6 is 0 Å². The molecule has 0 aliphatic rings. The zero-order valence-corrected chi connectivity index (χ0v) is 32.8. The molecule has 0 aromatic rings. The zero-order chi connectivity index (χ0) is 35.0. The van der Waals surface area contributed by atoms with E-state index in [2.05, 4.69) is 20.8 Å². The number of hydrogen-bond acceptors (Lipinski definition) is 5. The Balaban J connectivity index is 4.19. The second kappa shape index (κ2) is 40.3. The average Bonchev–Trinajstić information content (AvgIpc) is 3.08. The summed E-state index contributed by atoms with van der Waals surface area (Å²) < 4.78 is 17.2. The fourth-order valence-electron chi connectivity index (χ4n) is 6.39. The van der Waals surface area contributed by atoms with E-state index in [1.54, 1.807) is 0 Å². The number of ether oxygens (including phenoxy) is 3. The van der Waals surface area contributed by atoms with Crippen LogP contribution in [0.5, 0.6) is 0 Å². The highest BCUT2D eigenvalue weighted by Crippen LogP contribution is 2.15. The van der Waals surface area contributed by atoms with Crippen molar-refractivity contribution >= 4 is 11.9 Å². The maximum atomic E-state index is 12.6. The number of carbonyl (C=O) groups excluding carboxylic acids is 2. The Morgan fingerprint density at radius 3 is 1.06 bits per heavy atom. The first kappa shape index (κ1) is 46.9. The number of hydrogen-bond donors (Lipinski definition) is 0.